The molecule has 114 valence electrons. The first-order chi connectivity index (χ1) is 10.6. The van der Waals surface area contributed by atoms with Crippen LogP contribution in [0, 0.1) is 0 Å². The first-order valence-corrected chi connectivity index (χ1v) is 7.81. The van der Waals surface area contributed by atoms with Crippen molar-refractivity contribution in [2.24, 2.45) is 0 Å². The van der Waals surface area contributed by atoms with E-state index in [0.717, 1.165) is 18.5 Å². The third-order valence-corrected chi connectivity index (χ3v) is 4.49. The van der Waals surface area contributed by atoms with Gasteiger partial charge in [0, 0.05) is 25.2 Å². The van der Waals surface area contributed by atoms with Gasteiger partial charge in [0.05, 0.1) is 6.04 Å². The van der Waals surface area contributed by atoms with Gasteiger partial charge < -0.3 is 10.2 Å². The maximum Gasteiger partial charge on any atom is 0.240 e. The van der Waals surface area contributed by atoms with Crippen molar-refractivity contribution >= 4 is 17.5 Å². The second kappa shape index (κ2) is 6.51. The molecule has 22 heavy (non-hydrogen) atoms. The number of benzene rings is 2. The van der Waals surface area contributed by atoms with E-state index in [1.165, 1.54) is 11.1 Å². The molecule has 1 unspecified atom stereocenters. The van der Waals surface area contributed by atoms with Crippen molar-refractivity contribution in [2.45, 2.75) is 25.6 Å². The summed E-state index contributed by atoms with van der Waals surface area (Å²) in [7, 11) is 1.83. The molecule has 1 aliphatic rings. The van der Waals surface area contributed by atoms with Crippen molar-refractivity contribution in [3.63, 3.8) is 0 Å². The zero-order chi connectivity index (χ0) is 15.5. The average Bonchev–Trinajstić information content (AvgIpc) is 2.55. The minimum atomic E-state index is -0.164. The summed E-state index contributed by atoms with van der Waals surface area (Å²) in [5, 5.41) is 4.03. The molecule has 0 radical (unpaired) electrons. The van der Waals surface area contributed by atoms with Gasteiger partial charge in [0.25, 0.3) is 0 Å². The Morgan fingerprint density at radius 2 is 1.86 bits per heavy atom. The van der Waals surface area contributed by atoms with Crippen molar-refractivity contribution in [1.82, 2.24) is 10.2 Å². The fourth-order valence-corrected chi connectivity index (χ4v) is 3.05. The zero-order valence-corrected chi connectivity index (χ0v) is 13.3. The fourth-order valence-electron chi connectivity index (χ4n) is 2.86. The van der Waals surface area contributed by atoms with E-state index in [1.807, 2.05) is 43.4 Å². The highest BCUT2D eigenvalue weighted by Crippen LogP contribution is 2.19. The van der Waals surface area contributed by atoms with Crippen LogP contribution in [-0.4, -0.2) is 23.9 Å². The molecule has 0 saturated carbocycles. The van der Waals surface area contributed by atoms with Gasteiger partial charge >= 0.3 is 0 Å². The number of likely N-dealkylation sites (N-methyl/N-ethyl adjacent to an activating group) is 1. The van der Waals surface area contributed by atoms with Crippen LogP contribution in [-0.2, 0) is 24.3 Å². The smallest absolute Gasteiger partial charge is 0.240 e. The molecule has 2 aromatic rings. The lowest BCUT2D eigenvalue weighted by Gasteiger charge is -2.29. The Morgan fingerprint density at radius 1 is 1.18 bits per heavy atom. The standard InChI is InChI=1S/C18H19ClN2O/c1-21(12-15-8-4-5-9-16(15)19)18(22)17-10-13-6-2-3-7-14(13)11-20-17/h2-9,17,20H,10-12H2,1H3. The summed E-state index contributed by atoms with van der Waals surface area (Å²) in [6.45, 7) is 1.27. The fraction of sp³-hybridized carbons (Fsp3) is 0.278. The maximum atomic E-state index is 12.6. The number of carbonyl (C=O) groups excluding carboxylic acids is 1. The van der Waals surface area contributed by atoms with Gasteiger partial charge in [-0.1, -0.05) is 54.1 Å². The SMILES string of the molecule is CN(Cc1ccccc1Cl)C(=O)C1Cc2ccccc2CN1. The zero-order valence-electron chi connectivity index (χ0n) is 12.6. The van der Waals surface area contributed by atoms with E-state index in [2.05, 4.69) is 17.4 Å². The lowest BCUT2D eigenvalue weighted by molar-refractivity contribution is -0.132. The van der Waals surface area contributed by atoms with E-state index in [-0.39, 0.29) is 11.9 Å². The number of fused-ring (bicyclic) bond motifs is 1. The molecule has 0 aromatic heterocycles. The Kier molecular flexibility index (Phi) is 4.46. The largest absolute Gasteiger partial charge is 0.340 e. The van der Waals surface area contributed by atoms with Crippen LogP contribution in [0.15, 0.2) is 48.5 Å². The van der Waals surface area contributed by atoms with Gasteiger partial charge in [0.1, 0.15) is 0 Å². The molecule has 1 heterocycles. The highest BCUT2D eigenvalue weighted by Gasteiger charge is 2.26. The Hall–Kier alpha value is -1.84. The minimum Gasteiger partial charge on any atom is -0.340 e. The topological polar surface area (TPSA) is 32.3 Å². The van der Waals surface area contributed by atoms with Crippen molar-refractivity contribution in [2.75, 3.05) is 7.05 Å². The highest BCUT2D eigenvalue weighted by atomic mass is 35.5. The van der Waals surface area contributed by atoms with Crippen LogP contribution in [0.1, 0.15) is 16.7 Å². The lowest BCUT2D eigenvalue weighted by atomic mass is 9.95. The first-order valence-electron chi connectivity index (χ1n) is 7.43. The number of nitrogens with zero attached hydrogens (tertiary/aromatic N) is 1. The van der Waals surface area contributed by atoms with Gasteiger partial charge in [0.15, 0.2) is 0 Å². The summed E-state index contributed by atoms with van der Waals surface area (Å²) in [4.78, 5) is 14.4. The minimum absolute atomic E-state index is 0.106. The summed E-state index contributed by atoms with van der Waals surface area (Å²) >= 11 is 6.17. The summed E-state index contributed by atoms with van der Waals surface area (Å²) in [5.74, 6) is 0.106. The molecule has 3 nitrogen and oxygen atoms in total. The molecule has 2 aromatic carbocycles. The summed E-state index contributed by atoms with van der Waals surface area (Å²) < 4.78 is 0. The number of hydrogen-bond acceptors (Lipinski definition) is 2. The molecule has 3 rings (SSSR count). The normalized spacial score (nSPS) is 16.9. The molecule has 0 aliphatic carbocycles. The molecular formula is C18H19ClN2O. The van der Waals surface area contributed by atoms with E-state index < -0.39 is 0 Å². The molecule has 1 N–H and O–H groups in total. The molecule has 1 aliphatic heterocycles. The lowest BCUT2D eigenvalue weighted by Crippen LogP contribution is -2.48. The van der Waals surface area contributed by atoms with Crippen LogP contribution < -0.4 is 5.32 Å². The molecule has 0 spiro atoms. The Balaban J connectivity index is 1.68. The third kappa shape index (κ3) is 3.16. The van der Waals surface area contributed by atoms with Crippen LogP contribution in [0.5, 0.6) is 0 Å². The Bertz CT molecular complexity index is 686. The molecule has 0 bridgehead atoms. The van der Waals surface area contributed by atoms with Crippen molar-refractivity contribution in [3.05, 3.63) is 70.2 Å². The van der Waals surface area contributed by atoms with E-state index in [9.17, 15) is 4.79 Å². The predicted molar refractivity (Wildman–Crippen MR) is 88.7 cm³/mol. The van der Waals surface area contributed by atoms with Crippen LogP contribution in [0.3, 0.4) is 0 Å². The number of hydrogen-bond donors (Lipinski definition) is 1. The molecule has 1 atom stereocenters. The average molecular weight is 315 g/mol. The van der Waals surface area contributed by atoms with Crippen LogP contribution in [0.25, 0.3) is 0 Å². The van der Waals surface area contributed by atoms with Crippen molar-refractivity contribution in [3.8, 4) is 0 Å². The van der Waals surface area contributed by atoms with Gasteiger partial charge in [-0.2, -0.15) is 0 Å². The first kappa shape index (κ1) is 15.1. The van der Waals surface area contributed by atoms with Gasteiger partial charge in [0.2, 0.25) is 5.91 Å². The van der Waals surface area contributed by atoms with Gasteiger partial charge in [-0.3, -0.25) is 4.79 Å². The number of nitrogens with one attached hydrogen (secondary N) is 1. The molecule has 0 fully saturated rings. The second-order valence-corrected chi connectivity index (χ2v) is 6.10. The van der Waals surface area contributed by atoms with Gasteiger partial charge in [-0.15, -0.1) is 0 Å². The maximum absolute atomic E-state index is 12.6. The molecular weight excluding hydrogens is 296 g/mol. The van der Waals surface area contributed by atoms with Gasteiger partial charge in [-0.25, -0.2) is 0 Å². The monoisotopic (exact) mass is 314 g/mol. The number of carbonyl (C=O) groups is 1. The molecule has 1 amide bonds. The summed E-state index contributed by atoms with van der Waals surface area (Å²) in [6.07, 6.45) is 0.738. The van der Waals surface area contributed by atoms with Crippen molar-refractivity contribution < 1.29 is 4.79 Å². The number of amides is 1. The van der Waals surface area contributed by atoms with E-state index in [1.54, 1.807) is 4.90 Å². The van der Waals surface area contributed by atoms with E-state index in [4.69, 9.17) is 11.6 Å². The second-order valence-electron chi connectivity index (χ2n) is 5.69. The number of halogens is 1. The predicted octanol–water partition coefficient (Wildman–Crippen LogP) is 3.01. The summed E-state index contributed by atoms with van der Waals surface area (Å²) in [6, 6.07) is 15.7. The quantitative estimate of drug-likeness (QED) is 0.944. The third-order valence-electron chi connectivity index (χ3n) is 4.12. The van der Waals surface area contributed by atoms with E-state index >= 15 is 0 Å². The van der Waals surface area contributed by atoms with Crippen LogP contribution >= 0.6 is 11.6 Å². The highest BCUT2D eigenvalue weighted by molar-refractivity contribution is 6.31. The van der Waals surface area contributed by atoms with Crippen LogP contribution in [0.2, 0.25) is 5.02 Å². The van der Waals surface area contributed by atoms with Gasteiger partial charge in [-0.05, 0) is 29.2 Å². The Morgan fingerprint density at radius 3 is 2.64 bits per heavy atom. The van der Waals surface area contributed by atoms with E-state index in [0.29, 0.717) is 11.6 Å². The molecule has 0 saturated heterocycles. The number of rotatable bonds is 3. The van der Waals surface area contributed by atoms with Crippen LogP contribution in [0.4, 0.5) is 0 Å². The molecule has 4 heteroatoms. The Labute approximate surface area is 135 Å². The van der Waals surface area contributed by atoms with Crippen molar-refractivity contribution in [1.29, 1.82) is 0 Å². The summed E-state index contributed by atoms with van der Waals surface area (Å²) in [5.41, 5.74) is 3.50.